The van der Waals surface area contributed by atoms with Gasteiger partial charge in [0.1, 0.15) is 11.5 Å². The summed E-state index contributed by atoms with van der Waals surface area (Å²) in [7, 11) is 0. The lowest BCUT2D eigenvalue weighted by Gasteiger charge is -2.07. The average Bonchev–Trinajstić information content (AvgIpc) is 3.24. The third-order valence-corrected chi connectivity index (χ3v) is 5.40. The molecule has 0 saturated carbocycles. The predicted molar refractivity (Wildman–Crippen MR) is 105 cm³/mol. The Morgan fingerprint density at radius 3 is 2.69 bits per heavy atom. The molecule has 5 nitrogen and oxygen atoms in total. The van der Waals surface area contributed by atoms with Crippen LogP contribution in [0.2, 0.25) is 5.02 Å². The van der Waals surface area contributed by atoms with Gasteiger partial charge < -0.3 is 8.97 Å². The first-order valence-electron chi connectivity index (χ1n) is 8.45. The highest BCUT2D eigenvalue weighted by atomic mass is 35.5. The van der Waals surface area contributed by atoms with Crippen molar-refractivity contribution in [2.24, 2.45) is 0 Å². The third kappa shape index (κ3) is 3.61. The monoisotopic (exact) mass is 383 g/mol. The Bertz CT molecular complexity index is 989. The summed E-state index contributed by atoms with van der Waals surface area (Å²) in [5, 5.41) is 10.4. The highest BCUT2D eigenvalue weighted by Gasteiger charge is 2.13. The summed E-state index contributed by atoms with van der Waals surface area (Å²) < 4.78 is 4.20. The van der Waals surface area contributed by atoms with E-state index in [1.807, 2.05) is 53.1 Å². The van der Waals surface area contributed by atoms with E-state index >= 15 is 0 Å². The number of nitrogens with zero attached hydrogens (tertiary/aromatic N) is 5. The molecular weight excluding hydrogens is 366 g/mol. The molecule has 7 heteroatoms. The topological polar surface area (TPSA) is 48.0 Å². The van der Waals surface area contributed by atoms with Crippen molar-refractivity contribution in [3.05, 3.63) is 77.0 Å². The second-order valence-corrected chi connectivity index (χ2v) is 7.31. The lowest BCUT2D eigenvalue weighted by atomic mass is 10.1. The number of aromatic nitrogens is 5. The molecule has 0 saturated heterocycles. The van der Waals surface area contributed by atoms with E-state index in [1.165, 1.54) is 5.56 Å². The van der Waals surface area contributed by atoms with Crippen LogP contribution in [-0.2, 0) is 18.7 Å². The van der Waals surface area contributed by atoms with Crippen molar-refractivity contribution in [3.8, 4) is 0 Å². The van der Waals surface area contributed by atoms with Crippen molar-refractivity contribution in [1.29, 1.82) is 0 Å². The van der Waals surface area contributed by atoms with Gasteiger partial charge >= 0.3 is 0 Å². The van der Waals surface area contributed by atoms with Crippen LogP contribution in [0, 0.1) is 0 Å². The zero-order valence-corrected chi connectivity index (χ0v) is 15.9. The van der Waals surface area contributed by atoms with Gasteiger partial charge in [0, 0.05) is 36.1 Å². The summed E-state index contributed by atoms with van der Waals surface area (Å²) in [4.78, 5) is 4.64. The molecular formula is C19H18ClN5S. The molecule has 0 aliphatic rings. The van der Waals surface area contributed by atoms with E-state index < -0.39 is 0 Å². The van der Waals surface area contributed by atoms with E-state index in [0.29, 0.717) is 0 Å². The van der Waals surface area contributed by atoms with E-state index in [2.05, 4.69) is 32.9 Å². The van der Waals surface area contributed by atoms with Crippen LogP contribution in [0.1, 0.15) is 24.0 Å². The minimum absolute atomic E-state index is 0.743. The van der Waals surface area contributed by atoms with Crippen molar-refractivity contribution in [2.45, 2.75) is 30.8 Å². The molecule has 4 rings (SSSR count). The summed E-state index contributed by atoms with van der Waals surface area (Å²) in [5.41, 5.74) is 3.17. The number of hydrogen-bond donors (Lipinski definition) is 0. The fraction of sp³-hybridized carbons (Fsp3) is 0.211. The molecule has 0 aliphatic carbocycles. The molecule has 0 atom stereocenters. The maximum Gasteiger partial charge on any atom is 0.191 e. The summed E-state index contributed by atoms with van der Waals surface area (Å²) in [6, 6.07) is 13.9. The molecule has 132 valence electrons. The van der Waals surface area contributed by atoms with Crippen molar-refractivity contribution in [2.75, 3.05) is 0 Å². The Kier molecular flexibility index (Phi) is 4.95. The molecule has 3 aromatic heterocycles. The maximum absolute atomic E-state index is 5.96. The maximum atomic E-state index is 5.96. The standard InChI is InChI=1S/C19H18ClN5S/c1-2-25-18(11-14-6-8-15(20)9-7-14)22-23-19(25)26-13-16-12-24-10-4-3-5-17(24)21-16/h3-10,12H,2,11,13H2,1H3. The minimum atomic E-state index is 0.743. The van der Waals surface area contributed by atoms with Crippen molar-refractivity contribution >= 4 is 29.0 Å². The van der Waals surface area contributed by atoms with E-state index in [-0.39, 0.29) is 0 Å². The van der Waals surface area contributed by atoms with Gasteiger partial charge in [-0.1, -0.05) is 41.6 Å². The van der Waals surface area contributed by atoms with Gasteiger partial charge in [0.2, 0.25) is 0 Å². The van der Waals surface area contributed by atoms with E-state index in [1.54, 1.807) is 11.8 Å². The molecule has 0 N–H and O–H groups in total. The largest absolute Gasteiger partial charge is 0.307 e. The van der Waals surface area contributed by atoms with Crippen LogP contribution >= 0.6 is 23.4 Å². The van der Waals surface area contributed by atoms with Gasteiger partial charge in [0.15, 0.2) is 5.16 Å². The fourth-order valence-electron chi connectivity index (χ4n) is 2.85. The molecule has 0 aliphatic heterocycles. The SMILES string of the molecule is CCn1c(Cc2ccc(Cl)cc2)nnc1SCc1cn2ccccc2n1. The van der Waals surface area contributed by atoms with Gasteiger partial charge in [-0.25, -0.2) is 4.98 Å². The Morgan fingerprint density at radius 2 is 1.92 bits per heavy atom. The van der Waals surface area contributed by atoms with Crippen LogP contribution < -0.4 is 0 Å². The Balaban J connectivity index is 1.49. The Morgan fingerprint density at radius 1 is 1.08 bits per heavy atom. The summed E-state index contributed by atoms with van der Waals surface area (Å²) in [6.07, 6.45) is 4.81. The first-order chi connectivity index (χ1) is 12.7. The van der Waals surface area contributed by atoms with Crippen molar-refractivity contribution in [3.63, 3.8) is 0 Å². The van der Waals surface area contributed by atoms with Crippen LogP contribution in [-0.4, -0.2) is 24.1 Å². The molecule has 26 heavy (non-hydrogen) atoms. The van der Waals surface area contributed by atoms with Crippen LogP contribution in [0.5, 0.6) is 0 Å². The fourth-order valence-corrected chi connectivity index (χ4v) is 3.89. The number of imidazole rings is 1. The highest BCUT2D eigenvalue weighted by Crippen LogP contribution is 2.23. The normalized spacial score (nSPS) is 11.3. The summed E-state index contributed by atoms with van der Waals surface area (Å²) in [5.74, 6) is 1.73. The lowest BCUT2D eigenvalue weighted by Crippen LogP contribution is -2.04. The second kappa shape index (κ2) is 7.51. The number of thioether (sulfide) groups is 1. The molecule has 0 amide bonds. The van der Waals surface area contributed by atoms with Crippen molar-refractivity contribution in [1.82, 2.24) is 24.1 Å². The second-order valence-electron chi connectivity index (χ2n) is 5.93. The van der Waals surface area contributed by atoms with Gasteiger partial charge in [-0.3, -0.25) is 0 Å². The Hall–Kier alpha value is -2.31. The molecule has 0 fully saturated rings. The van der Waals surface area contributed by atoms with E-state index in [0.717, 1.165) is 46.1 Å². The van der Waals surface area contributed by atoms with Crippen LogP contribution in [0.4, 0.5) is 0 Å². The third-order valence-electron chi connectivity index (χ3n) is 4.15. The number of hydrogen-bond acceptors (Lipinski definition) is 4. The number of rotatable bonds is 6. The minimum Gasteiger partial charge on any atom is -0.307 e. The zero-order valence-electron chi connectivity index (χ0n) is 14.3. The number of benzene rings is 1. The number of pyridine rings is 1. The zero-order chi connectivity index (χ0) is 17.9. The summed E-state index contributed by atoms with van der Waals surface area (Å²) in [6.45, 7) is 2.95. The molecule has 0 bridgehead atoms. The average molecular weight is 384 g/mol. The smallest absolute Gasteiger partial charge is 0.191 e. The Labute approximate surface area is 161 Å². The molecule has 3 heterocycles. The molecule has 0 radical (unpaired) electrons. The number of halogens is 1. The van der Waals surface area contributed by atoms with Gasteiger partial charge in [-0.15, -0.1) is 10.2 Å². The van der Waals surface area contributed by atoms with Crippen LogP contribution in [0.25, 0.3) is 5.65 Å². The quantitative estimate of drug-likeness (QED) is 0.460. The van der Waals surface area contributed by atoms with Gasteiger partial charge in [0.05, 0.1) is 5.69 Å². The molecule has 4 aromatic rings. The van der Waals surface area contributed by atoms with E-state index in [9.17, 15) is 0 Å². The molecule has 0 unspecified atom stereocenters. The summed E-state index contributed by atoms with van der Waals surface area (Å²) >= 11 is 7.63. The van der Waals surface area contributed by atoms with Gasteiger partial charge in [0.25, 0.3) is 0 Å². The van der Waals surface area contributed by atoms with Crippen LogP contribution in [0.15, 0.2) is 60.0 Å². The first-order valence-corrected chi connectivity index (χ1v) is 9.81. The van der Waals surface area contributed by atoms with Crippen LogP contribution in [0.3, 0.4) is 0 Å². The number of fused-ring (bicyclic) bond motifs is 1. The molecule has 1 aromatic carbocycles. The van der Waals surface area contributed by atoms with Gasteiger partial charge in [-0.05, 0) is 36.8 Å². The highest BCUT2D eigenvalue weighted by molar-refractivity contribution is 7.98. The first kappa shape index (κ1) is 17.1. The predicted octanol–water partition coefficient (Wildman–Crippen LogP) is 4.48. The van der Waals surface area contributed by atoms with Gasteiger partial charge in [-0.2, -0.15) is 0 Å². The van der Waals surface area contributed by atoms with Crippen molar-refractivity contribution < 1.29 is 0 Å². The lowest BCUT2D eigenvalue weighted by molar-refractivity contribution is 0.651. The molecule has 0 spiro atoms. The van der Waals surface area contributed by atoms with E-state index in [4.69, 9.17) is 11.6 Å².